The molecule has 0 radical (unpaired) electrons. The lowest BCUT2D eigenvalue weighted by atomic mass is 10.1. The molecule has 0 bridgehead atoms. The molecule has 180 valence electrons. The highest BCUT2D eigenvalue weighted by molar-refractivity contribution is 6.31. The lowest BCUT2D eigenvalue weighted by Crippen LogP contribution is -2.16. The largest absolute Gasteiger partial charge is 0.364 e. The second-order valence-electron chi connectivity index (χ2n) is 9.61. The summed E-state index contributed by atoms with van der Waals surface area (Å²) in [4.78, 5) is 26.1. The molecule has 2 fully saturated rings. The topological polar surface area (TPSA) is 113 Å². The van der Waals surface area contributed by atoms with Gasteiger partial charge in [0.1, 0.15) is 23.6 Å². The molecule has 5 aromatic rings. The van der Waals surface area contributed by atoms with Gasteiger partial charge in [0.2, 0.25) is 5.91 Å². The van der Waals surface area contributed by atoms with Gasteiger partial charge in [-0.2, -0.15) is 5.10 Å². The predicted octanol–water partition coefficient (Wildman–Crippen LogP) is 4.89. The van der Waals surface area contributed by atoms with E-state index in [-0.39, 0.29) is 17.7 Å². The average Bonchev–Trinajstić information content (AvgIpc) is 3.80. The normalized spacial score (nSPS) is 19.0. The highest BCUT2D eigenvalue weighted by atomic mass is 35.5. The van der Waals surface area contributed by atoms with Crippen molar-refractivity contribution in [1.82, 2.24) is 29.5 Å². The van der Waals surface area contributed by atoms with Crippen molar-refractivity contribution in [3.63, 3.8) is 0 Å². The van der Waals surface area contributed by atoms with Gasteiger partial charge in [0, 0.05) is 46.4 Å². The number of hydrogen-bond donors (Lipinski definition) is 3. The lowest BCUT2D eigenvalue weighted by Gasteiger charge is -2.07. The third-order valence-corrected chi connectivity index (χ3v) is 7.22. The van der Waals surface area contributed by atoms with E-state index >= 15 is 0 Å². The van der Waals surface area contributed by atoms with Crippen LogP contribution in [0.5, 0.6) is 0 Å². The monoisotopic (exact) mass is 498 g/mol. The van der Waals surface area contributed by atoms with Crippen LogP contribution in [-0.4, -0.2) is 35.5 Å². The van der Waals surface area contributed by atoms with Crippen LogP contribution in [0.1, 0.15) is 48.0 Å². The van der Waals surface area contributed by atoms with Crippen molar-refractivity contribution >= 4 is 45.7 Å². The van der Waals surface area contributed by atoms with Gasteiger partial charge in [0.05, 0.1) is 17.8 Å². The van der Waals surface area contributed by atoms with Crippen LogP contribution in [0.4, 0.5) is 11.6 Å². The molecule has 2 aliphatic carbocycles. The van der Waals surface area contributed by atoms with E-state index in [9.17, 15) is 4.79 Å². The SMILES string of the molecule is O=C(Nc1cc(NCc2cn3cc(C4CC4)ccc3n2)ncn1)C1CC1c1[nH]nc2ccc(Cl)cc12. The van der Waals surface area contributed by atoms with Crippen molar-refractivity contribution in [2.45, 2.75) is 37.6 Å². The fourth-order valence-corrected chi connectivity index (χ4v) is 4.99. The first-order chi connectivity index (χ1) is 17.6. The Balaban J connectivity index is 0.996. The van der Waals surface area contributed by atoms with E-state index in [1.165, 1.54) is 24.7 Å². The number of aromatic nitrogens is 6. The van der Waals surface area contributed by atoms with Crippen LogP contribution in [-0.2, 0) is 11.3 Å². The van der Waals surface area contributed by atoms with E-state index in [0.29, 0.717) is 29.1 Å². The number of carbonyl (C=O) groups is 1. The van der Waals surface area contributed by atoms with E-state index in [0.717, 1.165) is 34.4 Å². The van der Waals surface area contributed by atoms with E-state index in [1.54, 1.807) is 6.07 Å². The summed E-state index contributed by atoms with van der Waals surface area (Å²) in [6.07, 6.45) is 8.96. The Labute approximate surface area is 211 Å². The molecule has 4 aromatic heterocycles. The highest BCUT2D eigenvalue weighted by Gasteiger charge is 2.46. The Morgan fingerprint density at radius 2 is 2.00 bits per heavy atom. The van der Waals surface area contributed by atoms with Crippen LogP contribution in [0, 0.1) is 5.92 Å². The standard InChI is InChI=1S/C26H23ClN8O/c27-16-4-5-21-20(7-16)25(34-33-21)18-8-19(18)26(36)32-23-9-22(29-13-30-23)28-10-17-12-35-11-15(14-1-2-14)3-6-24(35)31-17/h3-7,9,11-14,18-19H,1-2,8,10H2,(H,33,34)(H2,28,29,30,32,36). The van der Waals surface area contributed by atoms with Crippen LogP contribution < -0.4 is 10.6 Å². The molecule has 7 rings (SSSR count). The van der Waals surface area contributed by atoms with Crippen LogP contribution in [0.2, 0.25) is 5.02 Å². The molecule has 0 spiro atoms. The van der Waals surface area contributed by atoms with Gasteiger partial charge in [-0.15, -0.1) is 0 Å². The van der Waals surface area contributed by atoms with E-state index in [1.807, 2.05) is 24.4 Å². The third kappa shape index (κ3) is 4.05. The zero-order valence-corrected chi connectivity index (χ0v) is 20.0. The summed E-state index contributed by atoms with van der Waals surface area (Å²) in [5.41, 5.74) is 5.02. The molecule has 0 saturated heterocycles. The van der Waals surface area contributed by atoms with Crippen molar-refractivity contribution in [3.05, 3.63) is 77.1 Å². The summed E-state index contributed by atoms with van der Waals surface area (Å²) < 4.78 is 2.08. The summed E-state index contributed by atoms with van der Waals surface area (Å²) in [5, 5.41) is 15.2. The fraction of sp³-hybridized carbons (Fsp3) is 0.269. The summed E-state index contributed by atoms with van der Waals surface area (Å²) in [7, 11) is 0. The number of amides is 1. The van der Waals surface area contributed by atoms with Gasteiger partial charge >= 0.3 is 0 Å². The summed E-state index contributed by atoms with van der Waals surface area (Å²) >= 11 is 6.15. The quantitative estimate of drug-likeness (QED) is 0.294. The van der Waals surface area contributed by atoms with Gasteiger partial charge in [0.25, 0.3) is 0 Å². The van der Waals surface area contributed by atoms with E-state index < -0.39 is 0 Å². The Morgan fingerprint density at radius 1 is 1.11 bits per heavy atom. The fourth-order valence-electron chi connectivity index (χ4n) is 4.82. The van der Waals surface area contributed by atoms with Gasteiger partial charge in [-0.3, -0.25) is 9.89 Å². The Hall–Kier alpha value is -3.98. The molecule has 2 atom stereocenters. The summed E-state index contributed by atoms with van der Waals surface area (Å²) in [6.45, 7) is 0.519. The molecular weight excluding hydrogens is 476 g/mol. The smallest absolute Gasteiger partial charge is 0.229 e. The van der Waals surface area contributed by atoms with Gasteiger partial charge < -0.3 is 15.0 Å². The zero-order valence-electron chi connectivity index (χ0n) is 19.3. The molecule has 1 aromatic carbocycles. The molecule has 2 aliphatic rings. The maximum Gasteiger partial charge on any atom is 0.229 e. The number of pyridine rings is 1. The number of carbonyl (C=O) groups excluding carboxylic acids is 1. The Kier molecular flexibility index (Phi) is 4.92. The molecular formula is C26H23ClN8O. The summed E-state index contributed by atoms with van der Waals surface area (Å²) in [6, 6.07) is 11.6. The molecule has 36 heavy (non-hydrogen) atoms. The number of halogens is 1. The number of aromatic amines is 1. The number of rotatable bonds is 7. The molecule has 0 aliphatic heterocycles. The van der Waals surface area contributed by atoms with Gasteiger partial charge in [-0.05, 0) is 55.0 Å². The van der Waals surface area contributed by atoms with Crippen molar-refractivity contribution in [3.8, 4) is 0 Å². The predicted molar refractivity (Wildman–Crippen MR) is 137 cm³/mol. The maximum absolute atomic E-state index is 12.9. The van der Waals surface area contributed by atoms with E-state index in [4.69, 9.17) is 11.6 Å². The molecule has 3 N–H and O–H groups in total. The van der Waals surface area contributed by atoms with Crippen molar-refractivity contribution in [2.75, 3.05) is 10.6 Å². The van der Waals surface area contributed by atoms with Crippen molar-refractivity contribution in [2.24, 2.45) is 5.92 Å². The molecule has 2 unspecified atom stereocenters. The second kappa shape index (κ2) is 8.30. The van der Waals surface area contributed by atoms with Crippen LogP contribution in [0.25, 0.3) is 16.6 Å². The number of H-pyrrole nitrogens is 1. The number of fused-ring (bicyclic) bond motifs is 2. The minimum absolute atomic E-state index is 0.0683. The Bertz CT molecular complexity index is 1620. The highest BCUT2D eigenvalue weighted by Crippen LogP contribution is 2.49. The van der Waals surface area contributed by atoms with Gasteiger partial charge in [-0.1, -0.05) is 17.7 Å². The minimum Gasteiger partial charge on any atom is -0.364 e. The van der Waals surface area contributed by atoms with Crippen LogP contribution in [0.3, 0.4) is 0 Å². The molecule has 9 nitrogen and oxygen atoms in total. The number of nitrogens with one attached hydrogen (secondary N) is 3. The van der Waals surface area contributed by atoms with Gasteiger partial charge in [0.15, 0.2) is 0 Å². The molecule has 4 heterocycles. The van der Waals surface area contributed by atoms with Crippen LogP contribution >= 0.6 is 11.6 Å². The number of nitrogens with zero attached hydrogens (tertiary/aromatic N) is 5. The number of hydrogen-bond acceptors (Lipinski definition) is 6. The zero-order chi connectivity index (χ0) is 24.2. The Morgan fingerprint density at radius 3 is 2.89 bits per heavy atom. The first kappa shape index (κ1) is 21.3. The number of benzene rings is 1. The first-order valence-electron chi connectivity index (χ1n) is 12.1. The van der Waals surface area contributed by atoms with Gasteiger partial charge in [-0.25, -0.2) is 15.0 Å². The average molecular weight is 499 g/mol. The van der Waals surface area contributed by atoms with Crippen LogP contribution in [0.15, 0.2) is 55.1 Å². The summed E-state index contributed by atoms with van der Waals surface area (Å²) in [5.74, 6) is 1.67. The lowest BCUT2D eigenvalue weighted by molar-refractivity contribution is -0.117. The molecule has 2 saturated carbocycles. The van der Waals surface area contributed by atoms with Crippen molar-refractivity contribution < 1.29 is 4.79 Å². The minimum atomic E-state index is -0.141. The third-order valence-electron chi connectivity index (χ3n) is 6.99. The molecule has 10 heteroatoms. The first-order valence-corrected chi connectivity index (χ1v) is 12.5. The second-order valence-corrected chi connectivity index (χ2v) is 10.0. The number of imidazole rings is 1. The van der Waals surface area contributed by atoms with Crippen molar-refractivity contribution in [1.29, 1.82) is 0 Å². The molecule has 1 amide bonds. The maximum atomic E-state index is 12.9. The van der Waals surface area contributed by atoms with E-state index in [2.05, 4.69) is 58.5 Å². The number of anilines is 2.